The van der Waals surface area contributed by atoms with Crippen LogP contribution in [0.15, 0.2) is 37.6 Å². The second kappa shape index (κ2) is 11.3. The molecule has 0 saturated heterocycles. The molecule has 0 aromatic carbocycles. The molecule has 1 aromatic heterocycles. The molecule has 2 rings (SSSR count). The van der Waals surface area contributed by atoms with Gasteiger partial charge < -0.3 is 15.7 Å². The quantitative estimate of drug-likeness (QED) is 0.333. The molecule has 32 heavy (non-hydrogen) atoms. The maximum atomic E-state index is 14.0. The van der Waals surface area contributed by atoms with E-state index in [1.807, 2.05) is 12.2 Å². The molecule has 0 aliphatic heterocycles. The van der Waals surface area contributed by atoms with Gasteiger partial charge in [0.25, 0.3) is 5.91 Å². The maximum Gasteiger partial charge on any atom is 0.255 e. The number of aromatic nitrogens is 1. The Morgan fingerprint density at radius 2 is 2.00 bits per heavy atom. The largest absolute Gasteiger partial charge is 0.387 e. The Kier molecular flexibility index (Phi) is 9.25. The predicted octanol–water partition coefficient (Wildman–Crippen LogP) is 4.36. The maximum absolute atomic E-state index is 14.0. The number of aliphatic hydroxyl groups is 1. The van der Waals surface area contributed by atoms with Crippen molar-refractivity contribution < 1.29 is 14.3 Å². The van der Waals surface area contributed by atoms with Gasteiger partial charge >= 0.3 is 0 Å². The monoisotopic (exact) mass is 466 g/mol. The summed E-state index contributed by atoms with van der Waals surface area (Å²) in [6, 6.07) is 1.79. The van der Waals surface area contributed by atoms with Crippen LogP contribution in [-0.4, -0.2) is 63.9 Å². The lowest BCUT2D eigenvalue weighted by Gasteiger charge is -2.45. The Morgan fingerprint density at radius 3 is 2.53 bits per heavy atom. The molecule has 0 bridgehead atoms. The minimum Gasteiger partial charge on any atom is -0.387 e. The molecule has 0 unspecified atom stereocenters. The van der Waals surface area contributed by atoms with Crippen LogP contribution in [0.1, 0.15) is 56.8 Å². The summed E-state index contributed by atoms with van der Waals surface area (Å²) in [7, 11) is 0. The molecule has 1 heterocycles. The summed E-state index contributed by atoms with van der Waals surface area (Å²) in [5.41, 5.74) is -0.606. The molecule has 6 nitrogen and oxygen atoms in total. The first-order valence-electron chi connectivity index (χ1n) is 11.0. The van der Waals surface area contributed by atoms with Crippen molar-refractivity contribution in [3.05, 3.63) is 48.3 Å². The number of halogens is 2. The minimum atomic E-state index is -1.59. The Balaban J connectivity index is 2.06. The van der Waals surface area contributed by atoms with Crippen molar-refractivity contribution in [1.29, 1.82) is 0 Å². The van der Waals surface area contributed by atoms with Crippen LogP contribution < -0.4 is 10.6 Å². The zero-order valence-corrected chi connectivity index (χ0v) is 20.1. The SMILES string of the molecule is C=CCN(CC=C)C1(C)CCC(Nc2cc(Cl)ncc2C(=O)NC[C@@H](F)C(C)(C)O)CC1. The van der Waals surface area contributed by atoms with Gasteiger partial charge in [0.15, 0.2) is 0 Å². The molecule has 1 aromatic rings. The first-order chi connectivity index (χ1) is 15.0. The number of anilines is 1. The van der Waals surface area contributed by atoms with Crippen molar-refractivity contribution in [2.45, 2.75) is 69.8 Å². The van der Waals surface area contributed by atoms with Gasteiger partial charge in [-0.3, -0.25) is 9.69 Å². The lowest BCUT2D eigenvalue weighted by Crippen LogP contribution is -2.50. The predicted molar refractivity (Wildman–Crippen MR) is 129 cm³/mol. The first kappa shape index (κ1) is 26.3. The van der Waals surface area contributed by atoms with Crippen LogP contribution in [0.5, 0.6) is 0 Å². The van der Waals surface area contributed by atoms with Gasteiger partial charge in [-0.05, 0) is 52.5 Å². The topological polar surface area (TPSA) is 77.5 Å². The van der Waals surface area contributed by atoms with Gasteiger partial charge in [0.1, 0.15) is 11.3 Å². The highest BCUT2D eigenvalue weighted by molar-refractivity contribution is 6.29. The average molecular weight is 467 g/mol. The van der Waals surface area contributed by atoms with Crippen molar-refractivity contribution in [3.63, 3.8) is 0 Å². The molecule has 1 saturated carbocycles. The van der Waals surface area contributed by atoms with Gasteiger partial charge in [-0.2, -0.15) is 0 Å². The highest BCUT2D eigenvalue weighted by Gasteiger charge is 2.35. The van der Waals surface area contributed by atoms with Gasteiger partial charge in [-0.1, -0.05) is 23.8 Å². The van der Waals surface area contributed by atoms with E-state index in [1.165, 1.54) is 20.0 Å². The highest BCUT2D eigenvalue weighted by atomic mass is 35.5. The number of nitrogens with one attached hydrogen (secondary N) is 2. The summed E-state index contributed by atoms with van der Waals surface area (Å²) in [6.07, 6.45) is 7.46. The fraction of sp³-hybridized carbons (Fsp3) is 0.583. The highest BCUT2D eigenvalue weighted by Crippen LogP contribution is 2.35. The average Bonchev–Trinajstić information content (AvgIpc) is 2.73. The lowest BCUT2D eigenvalue weighted by molar-refractivity contribution is -0.00177. The number of hydrogen-bond acceptors (Lipinski definition) is 5. The number of rotatable bonds is 11. The van der Waals surface area contributed by atoms with Gasteiger partial charge in [0.2, 0.25) is 0 Å². The number of nitrogens with zero attached hydrogens (tertiary/aromatic N) is 2. The van der Waals surface area contributed by atoms with E-state index in [-0.39, 0.29) is 23.3 Å². The molecule has 8 heteroatoms. The zero-order chi connectivity index (χ0) is 23.9. The molecule has 1 atom stereocenters. The van der Waals surface area contributed by atoms with Gasteiger partial charge in [-0.25, -0.2) is 9.37 Å². The van der Waals surface area contributed by atoms with Gasteiger partial charge in [-0.15, -0.1) is 13.2 Å². The summed E-state index contributed by atoms with van der Waals surface area (Å²) in [5, 5.41) is 16.0. The Labute approximate surface area is 195 Å². The summed E-state index contributed by atoms with van der Waals surface area (Å²) in [4.78, 5) is 19.1. The van der Waals surface area contributed by atoms with Crippen LogP contribution in [-0.2, 0) is 0 Å². The third kappa shape index (κ3) is 7.02. The standard InChI is InChI=1S/C24H36ClFN4O2/c1-6-12-30(13-7-2)24(5)10-8-17(9-11-24)29-19-14-21(25)27-15-18(19)22(31)28-16-20(26)23(3,4)32/h6-7,14-15,17,20,32H,1-2,8-13,16H2,3-5H3,(H,27,29)(H,28,31)/t17?,20-,24?/m1/s1. The first-order valence-corrected chi connectivity index (χ1v) is 11.4. The summed E-state index contributed by atoms with van der Waals surface area (Å²) >= 11 is 6.08. The second-order valence-corrected chi connectivity index (χ2v) is 9.67. The molecule has 178 valence electrons. The van der Waals surface area contributed by atoms with E-state index in [1.54, 1.807) is 6.07 Å². The summed E-state index contributed by atoms with van der Waals surface area (Å²) in [5.74, 6) is -0.465. The Bertz CT molecular complexity index is 794. The molecule has 1 aliphatic rings. The molecular weight excluding hydrogens is 431 g/mol. The van der Waals surface area contributed by atoms with Crippen LogP contribution in [0.25, 0.3) is 0 Å². The number of amides is 1. The molecule has 1 amide bonds. The minimum absolute atomic E-state index is 0.0594. The van der Waals surface area contributed by atoms with Crippen LogP contribution in [0.3, 0.4) is 0 Å². The van der Waals surface area contributed by atoms with Crippen LogP contribution in [0, 0.1) is 0 Å². The van der Waals surface area contributed by atoms with Crippen molar-refractivity contribution in [1.82, 2.24) is 15.2 Å². The number of hydrogen-bond donors (Lipinski definition) is 3. The molecule has 0 spiro atoms. The van der Waals surface area contributed by atoms with E-state index >= 15 is 0 Å². The van der Waals surface area contributed by atoms with Crippen molar-refractivity contribution in [3.8, 4) is 0 Å². The van der Waals surface area contributed by atoms with E-state index in [2.05, 4.69) is 40.6 Å². The molecule has 3 N–H and O–H groups in total. The molecule has 1 fully saturated rings. The van der Waals surface area contributed by atoms with Crippen LogP contribution in [0.4, 0.5) is 10.1 Å². The molecule has 0 radical (unpaired) electrons. The number of carbonyl (C=O) groups excluding carboxylic acids is 1. The fourth-order valence-electron chi connectivity index (χ4n) is 4.00. The lowest BCUT2D eigenvalue weighted by atomic mass is 9.79. The van der Waals surface area contributed by atoms with Crippen molar-refractivity contribution in [2.24, 2.45) is 0 Å². The normalized spacial score (nSPS) is 22.3. The molecule has 1 aliphatic carbocycles. The van der Waals surface area contributed by atoms with E-state index in [0.717, 1.165) is 38.8 Å². The third-order valence-electron chi connectivity index (χ3n) is 6.21. The smallest absolute Gasteiger partial charge is 0.255 e. The molecular formula is C24H36ClFN4O2. The Hall–Kier alpha value is -1.96. The number of alkyl halides is 1. The van der Waals surface area contributed by atoms with Crippen molar-refractivity contribution >= 4 is 23.2 Å². The summed E-state index contributed by atoms with van der Waals surface area (Å²) in [6.45, 7) is 14.1. The number of carbonyl (C=O) groups is 1. The van der Waals surface area contributed by atoms with Gasteiger partial charge in [0, 0.05) is 30.9 Å². The summed E-state index contributed by atoms with van der Waals surface area (Å²) < 4.78 is 14.0. The van der Waals surface area contributed by atoms with Crippen LogP contribution in [0.2, 0.25) is 5.15 Å². The zero-order valence-electron chi connectivity index (χ0n) is 19.3. The van der Waals surface area contributed by atoms with E-state index in [4.69, 9.17) is 11.6 Å². The van der Waals surface area contributed by atoms with Crippen molar-refractivity contribution in [2.75, 3.05) is 25.0 Å². The van der Waals surface area contributed by atoms with Crippen LogP contribution >= 0.6 is 11.6 Å². The Morgan fingerprint density at radius 1 is 1.41 bits per heavy atom. The van der Waals surface area contributed by atoms with E-state index in [9.17, 15) is 14.3 Å². The number of pyridine rings is 1. The third-order valence-corrected chi connectivity index (χ3v) is 6.42. The fourth-order valence-corrected chi connectivity index (χ4v) is 4.16. The van der Waals surface area contributed by atoms with E-state index in [0.29, 0.717) is 11.3 Å². The van der Waals surface area contributed by atoms with Gasteiger partial charge in [0.05, 0.1) is 23.4 Å². The van der Waals surface area contributed by atoms with E-state index < -0.39 is 17.7 Å². The second-order valence-electron chi connectivity index (χ2n) is 9.28.